The van der Waals surface area contributed by atoms with Crippen LogP contribution in [0.1, 0.15) is 38.1 Å². The molecule has 1 fully saturated rings. The van der Waals surface area contributed by atoms with E-state index in [1.807, 2.05) is 6.92 Å². The summed E-state index contributed by atoms with van der Waals surface area (Å²) in [6.07, 6.45) is 1.72. The van der Waals surface area contributed by atoms with Gasteiger partial charge in [-0.1, -0.05) is 12.1 Å². The van der Waals surface area contributed by atoms with Crippen LogP contribution in [-0.2, 0) is 11.2 Å². The molecule has 1 saturated heterocycles. The van der Waals surface area contributed by atoms with E-state index in [9.17, 15) is 0 Å². The maximum absolute atomic E-state index is 5.54. The molecule has 5 nitrogen and oxygen atoms in total. The van der Waals surface area contributed by atoms with E-state index in [2.05, 4.69) is 22.4 Å². The summed E-state index contributed by atoms with van der Waals surface area (Å²) in [6, 6.07) is 0. The number of rotatable bonds is 6. The zero-order chi connectivity index (χ0) is 11.4. The topological polar surface area (TPSA) is 60.2 Å². The zero-order valence-corrected chi connectivity index (χ0v) is 9.90. The predicted octanol–water partition coefficient (Wildman–Crippen LogP) is 1.32. The minimum absolute atomic E-state index is 0.0259. The van der Waals surface area contributed by atoms with Gasteiger partial charge in [0, 0.05) is 13.0 Å². The van der Waals surface area contributed by atoms with Gasteiger partial charge in [-0.25, -0.2) is 0 Å². The van der Waals surface area contributed by atoms with Crippen LogP contribution in [0.15, 0.2) is 4.52 Å². The number of aromatic nitrogens is 2. The van der Waals surface area contributed by atoms with E-state index in [4.69, 9.17) is 9.26 Å². The molecule has 90 valence electrons. The highest BCUT2D eigenvalue weighted by atomic mass is 16.5. The second-order valence-electron chi connectivity index (χ2n) is 4.13. The van der Waals surface area contributed by atoms with Crippen LogP contribution in [0.4, 0.5) is 0 Å². The summed E-state index contributed by atoms with van der Waals surface area (Å²) >= 11 is 0. The Labute approximate surface area is 95.6 Å². The lowest BCUT2D eigenvalue weighted by molar-refractivity contribution is 0.0518. The van der Waals surface area contributed by atoms with Gasteiger partial charge in [-0.15, -0.1) is 0 Å². The standard InChI is InChI=1S/C11H19N3O2/c1-3-9(15-4-2)11-13-10(16-14-11)5-8-6-12-7-8/h8-9,12H,3-7H2,1-2H3. The Hall–Kier alpha value is -0.940. The molecule has 1 atom stereocenters. The molecule has 1 aliphatic rings. The van der Waals surface area contributed by atoms with Crippen molar-refractivity contribution >= 4 is 0 Å². The smallest absolute Gasteiger partial charge is 0.227 e. The minimum atomic E-state index is -0.0259. The lowest BCUT2D eigenvalue weighted by atomic mass is 10.00. The molecule has 1 aromatic heterocycles. The Bertz CT molecular complexity index is 323. The van der Waals surface area contributed by atoms with Gasteiger partial charge in [0.25, 0.3) is 0 Å². The zero-order valence-electron chi connectivity index (χ0n) is 9.90. The summed E-state index contributed by atoms with van der Waals surface area (Å²) in [5, 5.41) is 7.21. The highest BCUT2D eigenvalue weighted by molar-refractivity contribution is 4.94. The van der Waals surface area contributed by atoms with Gasteiger partial charge in [-0.2, -0.15) is 4.98 Å². The second-order valence-corrected chi connectivity index (χ2v) is 4.13. The molecule has 1 aliphatic heterocycles. The first-order chi connectivity index (χ1) is 7.83. The van der Waals surface area contributed by atoms with Crippen molar-refractivity contribution < 1.29 is 9.26 Å². The van der Waals surface area contributed by atoms with Crippen LogP contribution in [0.3, 0.4) is 0 Å². The van der Waals surface area contributed by atoms with E-state index in [1.54, 1.807) is 0 Å². The van der Waals surface area contributed by atoms with Gasteiger partial charge < -0.3 is 14.6 Å². The molecule has 0 spiro atoms. The molecule has 1 N–H and O–H groups in total. The Balaban J connectivity index is 1.93. The average Bonchev–Trinajstić information content (AvgIpc) is 2.68. The van der Waals surface area contributed by atoms with Gasteiger partial charge in [0.1, 0.15) is 6.10 Å². The number of nitrogens with zero attached hydrogens (tertiary/aromatic N) is 2. The Morgan fingerprint density at radius 2 is 2.31 bits per heavy atom. The molecule has 5 heteroatoms. The Morgan fingerprint density at radius 3 is 2.88 bits per heavy atom. The van der Waals surface area contributed by atoms with Crippen LogP contribution in [-0.4, -0.2) is 29.8 Å². The van der Waals surface area contributed by atoms with E-state index >= 15 is 0 Å². The molecule has 2 rings (SSSR count). The van der Waals surface area contributed by atoms with Crippen molar-refractivity contribution in [1.29, 1.82) is 0 Å². The van der Waals surface area contributed by atoms with Gasteiger partial charge in [-0.05, 0) is 32.4 Å². The molecule has 0 radical (unpaired) electrons. The van der Waals surface area contributed by atoms with Crippen molar-refractivity contribution in [3.05, 3.63) is 11.7 Å². The fourth-order valence-electron chi connectivity index (χ4n) is 1.80. The monoisotopic (exact) mass is 225 g/mol. The summed E-state index contributed by atoms with van der Waals surface area (Å²) in [6.45, 7) is 6.82. The molecule has 0 bridgehead atoms. The molecule has 0 aromatic carbocycles. The van der Waals surface area contributed by atoms with Gasteiger partial charge in [-0.3, -0.25) is 0 Å². The molecule has 16 heavy (non-hydrogen) atoms. The molecule has 2 heterocycles. The first kappa shape index (κ1) is 11.5. The lowest BCUT2D eigenvalue weighted by Crippen LogP contribution is -2.43. The van der Waals surface area contributed by atoms with Crippen LogP contribution in [0, 0.1) is 5.92 Å². The molecule has 0 saturated carbocycles. The molecule has 1 unspecified atom stereocenters. The minimum Gasteiger partial charge on any atom is -0.370 e. The fraction of sp³-hybridized carbons (Fsp3) is 0.818. The highest BCUT2D eigenvalue weighted by Gasteiger charge is 2.22. The second kappa shape index (κ2) is 5.41. The maximum atomic E-state index is 5.54. The van der Waals surface area contributed by atoms with Crippen molar-refractivity contribution in [3.8, 4) is 0 Å². The van der Waals surface area contributed by atoms with Crippen LogP contribution < -0.4 is 5.32 Å². The predicted molar refractivity (Wildman–Crippen MR) is 59.0 cm³/mol. The normalized spacial score (nSPS) is 18.4. The molecule has 0 amide bonds. The van der Waals surface area contributed by atoms with E-state index in [0.29, 0.717) is 18.3 Å². The van der Waals surface area contributed by atoms with Gasteiger partial charge in [0.2, 0.25) is 11.7 Å². The number of ether oxygens (including phenoxy) is 1. The van der Waals surface area contributed by atoms with Gasteiger partial charge >= 0.3 is 0 Å². The Kier molecular flexibility index (Phi) is 3.90. The quantitative estimate of drug-likeness (QED) is 0.791. The highest BCUT2D eigenvalue weighted by Crippen LogP contribution is 2.19. The third kappa shape index (κ3) is 2.59. The van der Waals surface area contributed by atoms with E-state index in [1.165, 1.54) is 0 Å². The summed E-state index contributed by atoms with van der Waals surface area (Å²) < 4.78 is 10.8. The van der Waals surface area contributed by atoms with Crippen LogP contribution in [0.25, 0.3) is 0 Å². The number of hydrogen-bond donors (Lipinski definition) is 1. The summed E-state index contributed by atoms with van der Waals surface area (Å²) in [4.78, 5) is 4.39. The van der Waals surface area contributed by atoms with Crippen molar-refractivity contribution in [1.82, 2.24) is 15.5 Å². The van der Waals surface area contributed by atoms with Gasteiger partial charge in [0.05, 0.1) is 0 Å². The molecule has 1 aromatic rings. The van der Waals surface area contributed by atoms with Crippen molar-refractivity contribution in [3.63, 3.8) is 0 Å². The van der Waals surface area contributed by atoms with E-state index in [-0.39, 0.29) is 6.10 Å². The lowest BCUT2D eigenvalue weighted by Gasteiger charge is -2.25. The Morgan fingerprint density at radius 1 is 1.50 bits per heavy atom. The largest absolute Gasteiger partial charge is 0.370 e. The fourth-order valence-corrected chi connectivity index (χ4v) is 1.80. The average molecular weight is 225 g/mol. The first-order valence-electron chi connectivity index (χ1n) is 5.98. The van der Waals surface area contributed by atoms with Crippen molar-refractivity contribution in [2.45, 2.75) is 32.8 Å². The van der Waals surface area contributed by atoms with Crippen LogP contribution in [0.5, 0.6) is 0 Å². The summed E-state index contributed by atoms with van der Waals surface area (Å²) in [5.41, 5.74) is 0. The van der Waals surface area contributed by atoms with Gasteiger partial charge in [0.15, 0.2) is 0 Å². The number of nitrogens with one attached hydrogen (secondary N) is 1. The molecular formula is C11H19N3O2. The third-order valence-corrected chi connectivity index (χ3v) is 2.84. The van der Waals surface area contributed by atoms with E-state index in [0.717, 1.165) is 31.8 Å². The summed E-state index contributed by atoms with van der Waals surface area (Å²) in [7, 11) is 0. The third-order valence-electron chi connectivity index (χ3n) is 2.84. The molecular weight excluding hydrogens is 206 g/mol. The maximum Gasteiger partial charge on any atom is 0.227 e. The van der Waals surface area contributed by atoms with Crippen molar-refractivity contribution in [2.24, 2.45) is 5.92 Å². The van der Waals surface area contributed by atoms with Crippen molar-refractivity contribution in [2.75, 3.05) is 19.7 Å². The van der Waals surface area contributed by atoms with Crippen LogP contribution >= 0.6 is 0 Å². The summed E-state index contributed by atoms with van der Waals surface area (Å²) in [5.74, 6) is 2.08. The SMILES string of the molecule is CCOC(CC)c1noc(CC2CNC2)n1. The van der Waals surface area contributed by atoms with E-state index < -0.39 is 0 Å². The molecule has 0 aliphatic carbocycles. The number of hydrogen-bond acceptors (Lipinski definition) is 5. The first-order valence-corrected chi connectivity index (χ1v) is 5.98. The van der Waals surface area contributed by atoms with Crippen LogP contribution in [0.2, 0.25) is 0 Å².